The van der Waals surface area contributed by atoms with Gasteiger partial charge in [-0.25, -0.2) is 9.97 Å². The number of imidazole rings is 1. The maximum absolute atomic E-state index is 10.8. The first-order valence-electron chi connectivity index (χ1n) is 13.5. The Labute approximate surface area is 238 Å². The van der Waals surface area contributed by atoms with Gasteiger partial charge in [-0.3, -0.25) is 9.47 Å². The smallest absolute Gasteiger partial charge is 0.149 e. The highest BCUT2D eigenvalue weighted by Gasteiger charge is 2.20. The van der Waals surface area contributed by atoms with Crippen molar-refractivity contribution in [2.24, 2.45) is 0 Å². The van der Waals surface area contributed by atoms with Gasteiger partial charge in [-0.1, -0.05) is 78.9 Å². The zero-order chi connectivity index (χ0) is 27.6. The highest BCUT2D eigenvalue weighted by Crippen LogP contribution is 2.39. The molecule has 2 aromatic heterocycles. The Bertz CT molecular complexity index is 1910. The summed E-state index contributed by atoms with van der Waals surface area (Å²) in [4.78, 5) is 12.0. The molecule has 5 aromatic carbocycles. The molecule has 1 N–H and O–H groups in total. The molecule has 0 spiro atoms. The molecule has 0 aliphatic carbocycles. The first-order valence-corrected chi connectivity index (χ1v) is 13.5. The van der Waals surface area contributed by atoms with E-state index in [1.165, 1.54) is 0 Å². The van der Waals surface area contributed by atoms with Crippen LogP contribution in [-0.2, 0) is 0 Å². The quantitative estimate of drug-likeness (QED) is 0.233. The number of nitrogens with zero attached hydrogens (tertiary/aromatic N) is 4. The minimum absolute atomic E-state index is 0.192. The lowest BCUT2D eigenvalue weighted by atomic mass is 10.0. The van der Waals surface area contributed by atoms with Gasteiger partial charge in [0.25, 0.3) is 0 Å². The van der Waals surface area contributed by atoms with Gasteiger partial charge in [0.15, 0.2) is 0 Å². The Hall–Kier alpha value is -5.68. The van der Waals surface area contributed by atoms with E-state index in [9.17, 15) is 5.11 Å². The van der Waals surface area contributed by atoms with Crippen LogP contribution < -0.4 is 4.90 Å². The molecule has 5 heteroatoms. The van der Waals surface area contributed by atoms with Gasteiger partial charge in [-0.15, -0.1) is 0 Å². The minimum atomic E-state index is 0.192. The molecule has 2 heterocycles. The van der Waals surface area contributed by atoms with Crippen molar-refractivity contribution >= 4 is 28.2 Å². The SMILES string of the molecule is Oc1ccccc1-c1nc2c(-c3cccc(N(c4ccccc4)c4ccccn4)c3)cccc2n1-c1ccccc1. The Kier molecular flexibility index (Phi) is 6.22. The summed E-state index contributed by atoms with van der Waals surface area (Å²) in [5.74, 6) is 1.72. The van der Waals surface area contributed by atoms with Gasteiger partial charge in [0, 0.05) is 28.8 Å². The topological polar surface area (TPSA) is 54.2 Å². The number of aromatic hydroxyl groups is 1. The normalized spacial score (nSPS) is 11.0. The molecule has 5 nitrogen and oxygen atoms in total. The molecule has 0 saturated carbocycles. The number of hydrogen-bond donors (Lipinski definition) is 1. The molecule has 0 atom stereocenters. The highest BCUT2D eigenvalue weighted by atomic mass is 16.3. The Morgan fingerprint density at radius 1 is 0.585 bits per heavy atom. The molecule has 7 aromatic rings. The van der Waals surface area contributed by atoms with Crippen LogP contribution in [0.3, 0.4) is 0 Å². The van der Waals surface area contributed by atoms with Crippen molar-refractivity contribution in [2.75, 3.05) is 4.90 Å². The molecular formula is C36H26N4O. The predicted octanol–water partition coefficient (Wildman–Crippen LogP) is 8.93. The highest BCUT2D eigenvalue weighted by molar-refractivity contribution is 5.96. The minimum Gasteiger partial charge on any atom is -0.507 e. The average Bonchev–Trinajstić information content (AvgIpc) is 3.43. The van der Waals surface area contributed by atoms with Crippen molar-refractivity contribution in [3.05, 3.63) is 152 Å². The monoisotopic (exact) mass is 530 g/mol. The zero-order valence-electron chi connectivity index (χ0n) is 22.2. The number of aromatic nitrogens is 3. The first kappa shape index (κ1) is 24.4. The number of phenols is 1. The van der Waals surface area contributed by atoms with Crippen molar-refractivity contribution in [2.45, 2.75) is 0 Å². The van der Waals surface area contributed by atoms with E-state index in [0.29, 0.717) is 11.4 Å². The number of rotatable bonds is 6. The van der Waals surface area contributed by atoms with Crippen LogP contribution in [-0.4, -0.2) is 19.6 Å². The van der Waals surface area contributed by atoms with E-state index in [0.717, 1.165) is 45.0 Å². The summed E-state index contributed by atoms with van der Waals surface area (Å²) in [5, 5.41) is 10.8. The molecule has 0 bridgehead atoms. The fraction of sp³-hybridized carbons (Fsp3) is 0. The Balaban J connectivity index is 1.44. The van der Waals surface area contributed by atoms with Crippen LogP contribution >= 0.6 is 0 Å². The fourth-order valence-corrected chi connectivity index (χ4v) is 5.30. The van der Waals surface area contributed by atoms with Gasteiger partial charge in [-0.2, -0.15) is 0 Å². The molecule has 0 fully saturated rings. The number of para-hydroxylation sites is 4. The maximum Gasteiger partial charge on any atom is 0.149 e. The van der Waals surface area contributed by atoms with E-state index in [-0.39, 0.29) is 5.75 Å². The van der Waals surface area contributed by atoms with Crippen molar-refractivity contribution in [3.8, 4) is 34.0 Å². The summed E-state index contributed by atoms with van der Waals surface area (Å²) in [5.41, 5.74) is 7.53. The average molecular weight is 531 g/mol. The molecule has 0 unspecified atom stereocenters. The second kappa shape index (κ2) is 10.5. The molecule has 0 aliphatic heterocycles. The third kappa shape index (κ3) is 4.49. The van der Waals surface area contributed by atoms with E-state index in [1.807, 2.05) is 79.0 Å². The van der Waals surface area contributed by atoms with Gasteiger partial charge >= 0.3 is 0 Å². The summed E-state index contributed by atoms with van der Waals surface area (Å²) in [6.45, 7) is 0. The Morgan fingerprint density at radius 2 is 1.27 bits per heavy atom. The van der Waals surface area contributed by atoms with Crippen LogP contribution in [0, 0.1) is 0 Å². The third-order valence-electron chi connectivity index (χ3n) is 7.15. The van der Waals surface area contributed by atoms with E-state index in [2.05, 4.69) is 81.2 Å². The van der Waals surface area contributed by atoms with Crippen molar-refractivity contribution in [1.82, 2.24) is 14.5 Å². The van der Waals surface area contributed by atoms with E-state index < -0.39 is 0 Å². The van der Waals surface area contributed by atoms with Crippen LogP contribution in [0.1, 0.15) is 0 Å². The second-order valence-corrected chi connectivity index (χ2v) is 9.71. The number of anilines is 3. The molecule has 0 saturated heterocycles. The summed E-state index contributed by atoms with van der Waals surface area (Å²) >= 11 is 0. The second-order valence-electron chi connectivity index (χ2n) is 9.71. The number of hydrogen-bond acceptors (Lipinski definition) is 4. The number of fused-ring (bicyclic) bond motifs is 1. The largest absolute Gasteiger partial charge is 0.507 e. The van der Waals surface area contributed by atoms with Crippen LogP contribution in [0.15, 0.2) is 152 Å². The molecule has 0 amide bonds. The molecule has 41 heavy (non-hydrogen) atoms. The predicted molar refractivity (Wildman–Crippen MR) is 166 cm³/mol. The van der Waals surface area contributed by atoms with Gasteiger partial charge in [0.2, 0.25) is 0 Å². The molecule has 196 valence electrons. The summed E-state index contributed by atoms with van der Waals surface area (Å²) in [6.07, 6.45) is 1.81. The standard InChI is InChI=1S/C36H26N4O/c41-33-22-8-7-19-31(33)36-38-35-30(20-12-21-32(35)40(36)28-16-5-2-6-17-28)26-13-11-18-29(25-26)39(27-14-3-1-4-15-27)34-23-9-10-24-37-34/h1-25,41H. The van der Waals surface area contributed by atoms with Crippen LogP contribution in [0.25, 0.3) is 39.2 Å². The maximum atomic E-state index is 10.8. The summed E-state index contributed by atoms with van der Waals surface area (Å²) in [7, 11) is 0. The molecule has 7 rings (SSSR count). The van der Waals surface area contributed by atoms with Crippen LogP contribution in [0.5, 0.6) is 5.75 Å². The van der Waals surface area contributed by atoms with E-state index >= 15 is 0 Å². The Morgan fingerprint density at radius 3 is 2.05 bits per heavy atom. The molecule has 0 radical (unpaired) electrons. The van der Waals surface area contributed by atoms with Gasteiger partial charge < -0.3 is 5.11 Å². The lowest BCUT2D eigenvalue weighted by Gasteiger charge is -2.24. The molecule has 0 aliphatic rings. The van der Waals surface area contributed by atoms with Crippen molar-refractivity contribution in [1.29, 1.82) is 0 Å². The van der Waals surface area contributed by atoms with Gasteiger partial charge in [0.05, 0.1) is 16.6 Å². The van der Waals surface area contributed by atoms with Gasteiger partial charge in [-0.05, 0) is 72.3 Å². The summed E-state index contributed by atoms with van der Waals surface area (Å²) < 4.78 is 2.11. The zero-order valence-corrected chi connectivity index (χ0v) is 22.2. The fourth-order valence-electron chi connectivity index (χ4n) is 5.30. The lowest BCUT2D eigenvalue weighted by Crippen LogP contribution is -2.11. The van der Waals surface area contributed by atoms with E-state index in [1.54, 1.807) is 6.07 Å². The van der Waals surface area contributed by atoms with Crippen LogP contribution in [0.4, 0.5) is 17.2 Å². The first-order chi connectivity index (χ1) is 20.3. The van der Waals surface area contributed by atoms with Crippen molar-refractivity contribution < 1.29 is 5.11 Å². The van der Waals surface area contributed by atoms with Gasteiger partial charge in [0.1, 0.15) is 17.4 Å². The number of pyridine rings is 1. The lowest BCUT2D eigenvalue weighted by molar-refractivity contribution is 0.477. The summed E-state index contributed by atoms with van der Waals surface area (Å²) in [6, 6.07) is 48.4. The number of benzene rings is 5. The van der Waals surface area contributed by atoms with Crippen molar-refractivity contribution in [3.63, 3.8) is 0 Å². The number of phenolic OH excluding ortho intramolecular Hbond substituents is 1. The molecular weight excluding hydrogens is 504 g/mol. The van der Waals surface area contributed by atoms with Crippen LogP contribution in [0.2, 0.25) is 0 Å². The van der Waals surface area contributed by atoms with E-state index in [4.69, 9.17) is 4.98 Å². The third-order valence-corrected chi connectivity index (χ3v) is 7.15.